The number of amides is 2. The lowest BCUT2D eigenvalue weighted by molar-refractivity contribution is 0.0564. The van der Waals surface area contributed by atoms with Crippen LogP contribution in [0.4, 0.5) is 14.9 Å². The van der Waals surface area contributed by atoms with Gasteiger partial charge in [-0.1, -0.05) is 30.3 Å². The summed E-state index contributed by atoms with van der Waals surface area (Å²) in [6.07, 6.45) is 1.93. The number of hydrogen-bond acceptors (Lipinski definition) is 2. The summed E-state index contributed by atoms with van der Waals surface area (Å²) in [5.41, 5.74) is 1.68. The minimum absolute atomic E-state index is 0.165. The highest BCUT2D eigenvalue weighted by atomic mass is 19.1. The van der Waals surface area contributed by atoms with Crippen LogP contribution in [0.2, 0.25) is 0 Å². The Bertz CT molecular complexity index is 670. The Morgan fingerprint density at radius 2 is 1.76 bits per heavy atom. The van der Waals surface area contributed by atoms with Crippen LogP contribution in [0.5, 0.6) is 0 Å². The van der Waals surface area contributed by atoms with E-state index in [1.54, 1.807) is 12.1 Å². The first-order valence-corrected chi connectivity index (χ1v) is 8.64. The number of anilines is 1. The third kappa shape index (κ3) is 5.29. The van der Waals surface area contributed by atoms with Crippen LogP contribution in [0.15, 0.2) is 54.6 Å². The van der Waals surface area contributed by atoms with Gasteiger partial charge in [0, 0.05) is 32.0 Å². The Labute approximate surface area is 147 Å². The van der Waals surface area contributed by atoms with Crippen molar-refractivity contribution in [3.63, 3.8) is 0 Å². The van der Waals surface area contributed by atoms with Gasteiger partial charge in [0.1, 0.15) is 5.82 Å². The summed E-state index contributed by atoms with van der Waals surface area (Å²) in [6, 6.07) is 15.6. The fourth-order valence-electron chi connectivity index (χ4n) is 3.00. The molecule has 1 aliphatic rings. The van der Waals surface area contributed by atoms with Gasteiger partial charge in [0.25, 0.3) is 0 Å². The quantitative estimate of drug-likeness (QED) is 0.881. The summed E-state index contributed by atoms with van der Waals surface area (Å²) in [6.45, 7) is 2.74. The second kappa shape index (κ2) is 8.62. The minimum Gasteiger partial charge on any atom is -0.381 e. The van der Waals surface area contributed by atoms with Gasteiger partial charge < -0.3 is 15.0 Å². The summed E-state index contributed by atoms with van der Waals surface area (Å²) >= 11 is 0. The molecule has 5 heteroatoms. The lowest BCUT2D eigenvalue weighted by Crippen LogP contribution is -2.39. The largest absolute Gasteiger partial charge is 0.381 e. The van der Waals surface area contributed by atoms with Gasteiger partial charge in [0.15, 0.2) is 0 Å². The van der Waals surface area contributed by atoms with Crippen LogP contribution >= 0.6 is 0 Å². The van der Waals surface area contributed by atoms with Crippen molar-refractivity contribution in [2.24, 2.45) is 5.92 Å². The zero-order valence-corrected chi connectivity index (χ0v) is 14.2. The summed E-state index contributed by atoms with van der Waals surface area (Å²) in [7, 11) is 0. The fraction of sp³-hybridized carbons (Fsp3) is 0.350. The second-order valence-corrected chi connectivity index (χ2v) is 6.36. The number of hydrogen-bond donors (Lipinski definition) is 1. The molecule has 0 spiro atoms. The molecule has 2 aromatic rings. The monoisotopic (exact) mass is 342 g/mol. The summed E-state index contributed by atoms with van der Waals surface area (Å²) in [5.74, 6) is 0.123. The van der Waals surface area contributed by atoms with Crippen LogP contribution in [-0.4, -0.2) is 30.7 Å². The molecule has 0 aromatic heterocycles. The Morgan fingerprint density at radius 1 is 1.08 bits per heavy atom. The molecule has 0 aliphatic carbocycles. The third-order valence-corrected chi connectivity index (χ3v) is 4.42. The van der Waals surface area contributed by atoms with Crippen molar-refractivity contribution < 1.29 is 13.9 Å². The molecule has 1 heterocycles. The Balaban J connectivity index is 1.69. The number of carbonyl (C=O) groups is 1. The molecule has 0 unspecified atom stereocenters. The van der Waals surface area contributed by atoms with Gasteiger partial charge in [0.2, 0.25) is 0 Å². The highest BCUT2D eigenvalue weighted by Gasteiger charge is 2.21. The van der Waals surface area contributed by atoms with Crippen molar-refractivity contribution in [3.8, 4) is 0 Å². The molecule has 3 rings (SSSR count). The number of benzene rings is 2. The highest BCUT2D eigenvalue weighted by molar-refractivity contribution is 5.89. The molecule has 1 aliphatic heterocycles. The molecule has 132 valence electrons. The maximum Gasteiger partial charge on any atom is 0.322 e. The number of halogens is 1. The van der Waals surface area contributed by atoms with E-state index in [0.29, 0.717) is 24.7 Å². The summed E-state index contributed by atoms with van der Waals surface area (Å²) in [5, 5.41) is 2.87. The van der Waals surface area contributed by atoms with E-state index in [2.05, 4.69) is 5.32 Å². The smallest absolute Gasteiger partial charge is 0.322 e. The topological polar surface area (TPSA) is 41.6 Å². The molecule has 2 aromatic carbocycles. The normalized spacial score (nSPS) is 14.9. The van der Waals surface area contributed by atoms with E-state index in [9.17, 15) is 9.18 Å². The van der Waals surface area contributed by atoms with Crippen LogP contribution < -0.4 is 5.32 Å². The number of rotatable bonds is 5. The van der Waals surface area contributed by atoms with E-state index < -0.39 is 0 Å². The van der Waals surface area contributed by atoms with Gasteiger partial charge in [-0.15, -0.1) is 0 Å². The molecular weight excluding hydrogens is 319 g/mol. The van der Waals surface area contributed by atoms with E-state index in [1.807, 2.05) is 35.2 Å². The fourth-order valence-corrected chi connectivity index (χ4v) is 3.00. The molecule has 0 saturated carbocycles. The van der Waals surface area contributed by atoms with E-state index in [1.165, 1.54) is 12.1 Å². The van der Waals surface area contributed by atoms with Crippen molar-refractivity contribution in [1.82, 2.24) is 4.90 Å². The summed E-state index contributed by atoms with van der Waals surface area (Å²) < 4.78 is 18.5. The van der Waals surface area contributed by atoms with E-state index in [-0.39, 0.29) is 11.8 Å². The zero-order chi connectivity index (χ0) is 17.5. The van der Waals surface area contributed by atoms with Gasteiger partial charge in [0.05, 0.1) is 0 Å². The Kier molecular flexibility index (Phi) is 6.01. The minimum atomic E-state index is -0.318. The number of carbonyl (C=O) groups excluding carboxylic acids is 1. The van der Waals surface area contributed by atoms with Crippen molar-refractivity contribution in [2.45, 2.75) is 19.4 Å². The predicted molar refractivity (Wildman–Crippen MR) is 95.8 cm³/mol. The van der Waals surface area contributed by atoms with Gasteiger partial charge in [-0.2, -0.15) is 0 Å². The van der Waals surface area contributed by atoms with Crippen molar-refractivity contribution in [2.75, 3.05) is 25.1 Å². The van der Waals surface area contributed by atoms with Crippen LogP contribution in [0.1, 0.15) is 18.4 Å². The number of nitrogens with zero attached hydrogens (tertiary/aromatic N) is 1. The molecule has 0 bridgehead atoms. The highest BCUT2D eigenvalue weighted by Crippen LogP contribution is 2.19. The molecule has 1 saturated heterocycles. The second-order valence-electron chi connectivity index (χ2n) is 6.36. The number of ether oxygens (including phenoxy) is 1. The molecule has 1 N–H and O–H groups in total. The molecule has 2 amide bonds. The van der Waals surface area contributed by atoms with Crippen LogP contribution in [-0.2, 0) is 11.3 Å². The van der Waals surface area contributed by atoms with Crippen LogP contribution in [0.25, 0.3) is 0 Å². The molecule has 1 fully saturated rings. The lowest BCUT2D eigenvalue weighted by Gasteiger charge is -2.30. The summed E-state index contributed by atoms with van der Waals surface area (Å²) in [4.78, 5) is 14.6. The Hall–Kier alpha value is -2.40. The van der Waals surface area contributed by atoms with Crippen molar-refractivity contribution in [3.05, 3.63) is 66.0 Å². The van der Waals surface area contributed by atoms with Crippen LogP contribution in [0.3, 0.4) is 0 Å². The number of urea groups is 1. The average Bonchev–Trinajstić information content (AvgIpc) is 2.65. The van der Waals surface area contributed by atoms with Crippen molar-refractivity contribution in [1.29, 1.82) is 0 Å². The number of nitrogens with one attached hydrogen (secondary N) is 1. The van der Waals surface area contributed by atoms with E-state index >= 15 is 0 Å². The van der Waals surface area contributed by atoms with Gasteiger partial charge in [-0.05, 0) is 48.6 Å². The van der Waals surface area contributed by atoms with E-state index in [4.69, 9.17) is 4.74 Å². The Morgan fingerprint density at radius 3 is 2.44 bits per heavy atom. The lowest BCUT2D eigenvalue weighted by atomic mass is 9.99. The van der Waals surface area contributed by atoms with Crippen molar-refractivity contribution >= 4 is 11.7 Å². The standard InChI is InChI=1S/C20H23FN2O2/c21-18-6-8-19(9-7-18)22-20(24)23(14-16-4-2-1-3-5-16)15-17-10-12-25-13-11-17/h1-9,17H,10-15H2,(H,22,24). The van der Waals surface area contributed by atoms with Gasteiger partial charge in [-0.25, -0.2) is 9.18 Å². The molecule has 4 nitrogen and oxygen atoms in total. The zero-order valence-electron chi connectivity index (χ0n) is 14.2. The van der Waals surface area contributed by atoms with Gasteiger partial charge in [-0.3, -0.25) is 0 Å². The molecule has 0 atom stereocenters. The third-order valence-electron chi connectivity index (χ3n) is 4.42. The molecule has 25 heavy (non-hydrogen) atoms. The van der Waals surface area contributed by atoms with E-state index in [0.717, 1.165) is 31.6 Å². The first kappa shape index (κ1) is 17.4. The maximum absolute atomic E-state index is 13.0. The van der Waals surface area contributed by atoms with Crippen LogP contribution in [0, 0.1) is 11.7 Å². The maximum atomic E-state index is 13.0. The van der Waals surface area contributed by atoms with Gasteiger partial charge >= 0.3 is 6.03 Å². The molecule has 0 radical (unpaired) electrons. The first-order chi connectivity index (χ1) is 12.2. The predicted octanol–water partition coefficient (Wildman–Crippen LogP) is 4.29. The molecular formula is C20H23FN2O2. The average molecular weight is 342 g/mol. The first-order valence-electron chi connectivity index (χ1n) is 8.64. The SMILES string of the molecule is O=C(Nc1ccc(F)cc1)N(Cc1ccccc1)CC1CCOCC1.